The van der Waals surface area contributed by atoms with Crippen molar-refractivity contribution in [1.29, 1.82) is 0 Å². The van der Waals surface area contributed by atoms with Crippen molar-refractivity contribution in [2.24, 2.45) is 0 Å². The van der Waals surface area contributed by atoms with Crippen LogP contribution < -0.4 is 9.64 Å². The molecular weight excluding hydrogens is 520 g/mol. The summed E-state index contributed by atoms with van der Waals surface area (Å²) < 4.78 is 43.7. The summed E-state index contributed by atoms with van der Waals surface area (Å²) in [5.74, 6) is -0.893. The van der Waals surface area contributed by atoms with Crippen LogP contribution in [0.2, 0.25) is 10.3 Å². The van der Waals surface area contributed by atoms with Gasteiger partial charge in [-0.05, 0) is 61.9 Å². The zero-order valence-corrected chi connectivity index (χ0v) is 20.5. The van der Waals surface area contributed by atoms with Crippen LogP contribution in [-0.2, 0) is 16.0 Å². The quantitative estimate of drug-likeness (QED) is 0.306. The normalized spacial score (nSPS) is 20.3. The van der Waals surface area contributed by atoms with E-state index in [1.54, 1.807) is 7.05 Å². The third-order valence-corrected chi connectivity index (χ3v) is 6.63. The SMILES string of the molecule is CN1CC(n2cccc2)C[C@@]1(Cc1ccc(OC(F)(F)F)cc1)C(=O)N(C=O)c1cc(Cl)nc(Cl)c1. The Labute approximate surface area is 215 Å². The van der Waals surface area contributed by atoms with Crippen LogP contribution in [0.5, 0.6) is 5.75 Å². The van der Waals surface area contributed by atoms with Crippen LogP contribution in [0.1, 0.15) is 18.0 Å². The van der Waals surface area contributed by atoms with Crippen LogP contribution in [0.3, 0.4) is 0 Å². The number of alkyl halides is 3. The number of hydrogen-bond donors (Lipinski definition) is 0. The summed E-state index contributed by atoms with van der Waals surface area (Å²) in [6.07, 6.45) is -0.169. The molecule has 2 amide bonds. The van der Waals surface area contributed by atoms with Gasteiger partial charge in [0.05, 0.1) is 5.69 Å². The largest absolute Gasteiger partial charge is 0.573 e. The van der Waals surface area contributed by atoms with Crippen LogP contribution in [0.4, 0.5) is 18.9 Å². The molecule has 3 heterocycles. The first-order chi connectivity index (χ1) is 17.0. The van der Waals surface area contributed by atoms with Crippen LogP contribution >= 0.6 is 23.2 Å². The highest BCUT2D eigenvalue weighted by Crippen LogP contribution is 2.40. The van der Waals surface area contributed by atoms with Crippen molar-refractivity contribution in [2.75, 3.05) is 18.5 Å². The molecule has 0 saturated carbocycles. The van der Waals surface area contributed by atoms with Gasteiger partial charge >= 0.3 is 6.36 Å². The van der Waals surface area contributed by atoms with E-state index >= 15 is 0 Å². The summed E-state index contributed by atoms with van der Waals surface area (Å²) in [4.78, 5) is 32.9. The molecule has 0 radical (unpaired) electrons. The lowest BCUT2D eigenvalue weighted by atomic mass is 9.85. The molecule has 36 heavy (non-hydrogen) atoms. The molecule has 190 valence electrons. The van der Waals surface area contributed by atoms with Crippen molar-refractivity contribution in [2.45, 2.75) is 30.8 Å². The summed E-state index contributed by atoms with van der Waals surface area (Å²) in [5.41, 5.74) is -0.453. The van der Waals surface area contributed by atoms with E-state index in [1.165, 1.54) is 36.4 Å². The average molecular weight is 541 g/mol. The van der Waals surface area contributed by atoms with E-state index in [0.29, 0.717) is 24.9 Å². The molecule has 4 rings (SSSR count). The third-order valence-electron chi connectivity index (χ3n) is 6.24. The Morgan fingerprint density at radius 1 is 1.19 bits per heavy atom. The number of aromatic nitrogens is 2. The number of hydrogen-bond acceptors (Lipinski definition) is 5. The fraction of sp³-hybridized carbons (Fsp3) is 0.292. The first-order valence-corrected chi connectivity index (χ1v) is 11.6. The van der Waals surface area contributed by atoms with Gasteiger partial charge < -0.3 is 9.30 Å². The smallest absolute Gasteiger partial charge is 0.406 e. The molecule has 1 aromatic carbocycles. The monoisotopic (exact) mass is 540 g/mol. The molecule has 0 spiro atoms. The minimum atomic E-state index is -4.81. The third kappa shape index (κ3) is 5.50. The van der Waals surface area contributed by atoms with Crippen LogP contribution in [-0.4, -0.2) is 52.3 Å². The maximum absolute atomic E-state index is 14.1. The predicted octanol–water partition coefficient (Wildman–Crippen LogP) is 5.14. The van der Waals surface area contributed by atoms with Crippen LogP contribution in [0.15, 0.2) is 60.9 Å². The molecule has 12 heteroatoms. The van der Waals surface area contributed by atoms with Gasteiger partial charge in [-0.2, -0.15) is 0 Å². The van der Waals surface area contributed by atoms with E-state index in [-0.39, 0.29) is 34.2 Å². The van der Waals surface area contributed by atoms with Crippen molar-refractivity contribution in [3.05, 3.63) is 76.8 Å². The summed E-state index contributed by atoms with van der Waals surface area (Å²) in [6, 6.07) is 11.7. The number of likely N-dealkylation sites (N-methyl/N-ethyl adjacent to an activating group) is 1. The van der Waals surface area contributed by atoms with Gasteiger partial charge in [0, 0.05) is 25.0 Å². The van der Waals surface area contributed by atoms with Gasteiger partial charge in [-0.25, -0.2) is 4.98 Å². The van der Waals surface area contributed by atoms with E-state index in [0.717, 1.165) is 4.90 Å². The zero-order chi connectivity index (χ0) is 26.1. The van der Waals surface area contributed by atoms with Gasteiger partial charge in [0.2, 0.25) is 6.41 Å². The fourth-order valence-corrected chi connectivity index (χ4v) is 5.06. The lowest BCUT2D eigenvalue weighted by molar-refractivity contribution is -0.274. The van der Waals surface area contributed by atoms with Gasteiger partial charge in [0.1, 0.15) is 21.6 Å². The van der Waals surface area contributed by atoms with E-state index in [4.69, 9.17) is 23.2 Å². The molecule has 0 bridgehead atoms. The van der Waals surface area contributed by atoms with E-state index in [1.807, 2.05) is 34.0 Å². The first-order valence-electron chi connectivity index (χ1n) is 10.8. The van der Waals surface area contributed by atoms with Crippen LogP contribution in [0, 0.1) is 0 Å². The van der Waals surface area contributed by atoms with Crippen molar-refractivity contribution in [3.63, 3.8) is 0 Å². The molecular formula is C24H21Cl2F3N4O3. The number of carbonyl (C=O) groups excluding carboxylic acids is 2. The lowest BCUT2D eigenvalue weighted by Crippen LogP contribution is -2.56. The number of benzene rings is 1. The molecule has 2 aromatic heterocycles. The Hall–Kier alpha value is -3.08. The number of amides is 2. The highest BCUT2D eigenvalue weighted by atomic mass is 35.5. The molecule has 1 saturated heterocycles. The molecule has 3 aromatic rings. The number of likely N-dealkylation sites (tertiary alicyclic amines) is 1. The lowest BCUT2D eigenvalue weighted by Gasteiger charge is -2.37. The Morgan fingerprint density at radius 3 is 2.36 bits per heavy atom. The second kappa shape index (κ2) is 10.1. The van der Waals surface area contributed by atoms with E-state index in [2.05, 4.69) is 9.72 Å². The zero-order valence-electron chi connectivity index (χ0n) is 19.0. The predicted molar refractivity (Wildman–Crippen MR) is 128 cm³/mol. The number of nitrogens with zero attached hydrogens (tertiary/aromatic N) is 4. The second-order valence-corrected chi connectivity index (χ2v) is 9.29. The molecule has 1 unspecified atom stereocenters. The fourth-order valence-electron chi connectivity index (χ4n) is 4.61. The number of rotatable bonds is 7. The Morgan fingerprint density at radius 2 is 1.81 bits per heavy atom. The summed E-state index contributed by atoms with van der Waals surface area (Å²) in [5, 5.41) is 0.0212. The molecule has 7 nitrogen and oxygen atoms in total. The van der Waals surface area contributed by atoms with Crippen molar-refractivity contribution < 1.29 is 27.5 Å². The van der Waals surface area contributed by atoms with E-state index in [9.17, 15) is 22.8 Å². The number of carbonyl (C=O) groups is 2. The number of pyridine rings is 1. The molecule has 1 aliphatic heterocycles. The second-order valence-electron chi connectivity index (χ2n) is 8.52. The van der Waals surface area contributed by atoms with Crippen LogP contribution in [0.25, 0.3) is 0 Å². The van der Waals surface area contributed by atoms with Crippen molar-refractivity contribution in [3.8, 4) is 5.75 Å². The van der Waals surface area contributed by atoms with Gasteiger partial charge in [-0.1, -0.05) is 35.3 Å². The summed E-state index contributed by atoms with van der Waals surface area (Å²) in [6.45, 7) is 0.500. The van der Waals surface area contributed by atoms with Crippen molar-refractivity contribution in [1.82, 2.24) is 14.5 Å². The van der Waals surface area contributed by atoms with Gasteiger partial charge in [-0.3, -0.25) is 19.4 Å². The topological polar surface area (TPSA) is 67.7 Å². The Balaban J connectivity index is 1.71. The minimum Gasteiger partial charge on any atom is -0.406 e. The van der Waals surface area contributed by atoms with Gasteiger partial charge in [-0.15, -0.1) is 13.2 Å². The Bertz CT molecular complexity index is 1220. The first kappa shape index (κ1) is 26.0. The molecule has 0 N–H and O–H groups in total. The number of ether oxygens (including phenoxy) is 1. The highest BCUT2D eigenvalue weighted by Gasteiger charge is 2.52. The van der Waals surface area contributed by atoms with E-state index < -0.39 is 17.8 Å². The number of halogens is 5. The number of anilines is 1. The van der Waals surface area contributed by atoms with Gasteiger partial charge in [0.25, 0.3) is 5.91 Å². The molecule has 1 fully saturated rings. The van der Waals surface area contributed by atoms with Gasteiger partial charge in [0.15, 0.2) is 0 Å². The minimum absolute atomic E-state index is 0.0106. The van der Waals surface area contributed by atoms with Crippen molar-refractivity contribution >= 4 is 41.2 Å². The number of imide groups is 1. The Kier molecular flexibility index (Phi) is 7.31. The summed E-state index contributed by atoms with van der Waals surface area (Å²) in [7, 11) is 1.78. The maximum atomic E-state index is 14.1. The molecule has 2 atom stereocenters. The average Bonchev–Trinajstić information content (AvgIpc) is 3.43. The molecule has 0 aliphatic carbocycles. The molecule has 1 aliphatic rings. The highest BCUT2D eigenvalue weighted by molar-refractivity contribution is 6.33. The maximum Gasteiger partial charge on any atom is 0.573 e. The standard InChI is InChI=1S/C24H21Cl2F3N4O3/c1-31-14-18(32-8-2-3-9-32)13-23(31,12-16-4-6-19(7-5-16)36-24(27,28)29)22(35)33(15-34)17-10-20(25)30-21(26)11-17/h2-11,15,18H,12-14H2,1H3/t18?,23-/m0/s1. The summed E-state index contributed by atoms with van der Waals surface area (Å²) >= 11 is 12.0.